The van der Waals surface area contributed by atoms with Crippen molar-refractivity contribution in [1.29, 1.82) is 0 Å². The number of carbonyl (C=O) groups excluding carboxylic acids is 2. The van der Waals surface area contributed by atoms with Crippen LogP contribution < -0.4 is 10.6 Å². The minimum Gasteiger partial charge on any atom is -0.361 e. The third-order valence-electron chi connectivity index (χ3n) is 5.15. The van der Waals surface area contributed by atoms with E-state index in [9.17, 15) is 9.59 Å². The van der Waals surface area contributed by atoms with Crippen LogP contribution in [0, 0.1) is 5.41 Å². The molecule has 138 valence electrons. The van der Waals surface area contributed by atoms with Crippen LogP contribution in [-0.4, -0.2) is 28.3 Å². The summed E-state index contributed by atoms with van der Waals surface area (Å²) in [6.07, 6.45) is 7.30. The molecule has 1 saturated carbocycles. The van der Waals surface area contributed by atoms with Gasteiger partial charge in [0.2, 0.25) is 11.8 Å². The molecule has 27 heavy (non-hydrogen) atoms. The second-order valence-corrected chi connectivity index (χ2v) is 6.99. The third kappa shape index (κ3) is 3.56. The molecule has 1 aliphatic rings. The van der Waals surface area contributed by atoms with Crippen molar-refractivity contribution in [2.75, 3.05) is 6.54 Å². The van der Waals surface area contributed by atoms with Crippen LogP contribution in [0.1, 0.15) is 24.0 Å². The van der Waals surface area contributed by atoms with Crippen molar-refractivity contribution >= 4 is 22.7 Å². The van der Waals surface area contributed by atoms with E-state index in [-0.39, 0.29) is 11.8 Å². The molecule has 4 rings (SSSR count). The van der Waals surface area contributed by atoms with Crippen molar-refractivity contribution in [2.24, 2.45) is 5.41 Å². The quantitative estimate of drug-likeness (QED) is 0.564. The fourth-order valence-electron chi connectivity index (χ4n) is 3.35. The number of aromatic amines is 1. The summed E-state index contributed by atoms with van der Waals surface area (Å²) in [5.74, 6) is -0.373. The second kappa shape index (κ2) is 7.23. The Labute approximate surface area is 157 Å². The number of aromatic nitrogens is 2. The van der Waals surface area contributed by atoms with E-state index in [4.69, 9.17) is 0 Å². The van der Waals surface area contributed by atoms with Gasteiger partial charge in [-0.05, 0) is 42.5 Å². The Balaban J connectivity index is 1.30. The van der Waals surface area contributed by atoms with E-state index in [0.717, 1.165) is 23.1 Å². The number of fused-ring (bicyclic) bond motifs is 1. The first-order chi connectivity index (χ1) is 13.2. The van der Waals surface area contributed by atoms with Gasteiger partial charge in [0, 0.05) is 42.6 Å². The van der Waals surface area contributed by atoms with Crippen LogP contribution in [0.5, 0.6) is 0 Å². The lowest BCUT2D eigenvalue weighted by Gasteiger charge is -2.15. The Kier molecular flexibility index (Phi) is 4.62. The number of H-pyrrole nitrogens is 1. The molecule has 0 bridgehead atoms. The van der Waals surface area contributed by atoms with Gasteiger partial charge in [0.1, 0.15) is 5.41 Å². The van der Waals surface area contributed by atoms with Crippen molar-refractivity contribution in [3.8, 4) is 0 Å². The maximum absolute atomic E-state index is 12.6. The molecule has 2 amide bonds. The summed E-state index contributed by atoms with van der Waals surface area (Å²) in [6.45, 7) is 0.898. The van der Waals surface area contributed by atoms with Crippen LogP contribution in [0.2, 0.25) is 0 Å². The number of nitrogens with zero attached hydrogens (tertiary/aromatic N) is 1. The lowest BCUT2D eigenvalue weighted by Crippen LogP contribution is -2.43. The molecule has 1 fully saturated rings. The molecule has 6 nitrogen and oxygen atoms in total. The number of hydrogen-bond acceptors (Lipinski definition) is 3. The molecule has 3 N–H and O–H groups in total. The average molecular weight is 362 g/mol. The highest BCUT2D eigenvalue weighted by atomic mass is 16.2. The highest BCUT2D eigenvalue weighted by molar-refractivity contribution is 6.07. The minimum atomic E-state index is -0.900. The summed E-state index contributed by atoms with van der Waals surface area (Å²) in [6, 6.07) is 11.8. The standard InChI is InChI=1S/C21H22N4O2/c26-19(23-11-7-16-14-24-18-6-2-1-5-17(16)18)21(8-9-21)20(27)25-13-15-4-3-10-22-12-15/h1-6,10,12,14,24H,7-9,11,13H2,(H,23,26)(H,25,27). The number of para-hydroxylation sites is 1. The molecule has 6 heteroatoms. The molecule has 1 aromatic carbocycles. The molecule has 0 radical (unpaired) electrons. The monoisotopic (exact) mass is 362 g/mol. The predicted molar refractivity (Wildman–Crippen MR) is 103 cm³/mol. The fourth-order valence-corrected chi connectivity index (χ4v) is 3.35. The van der Waals surface area contributed by atoms with Crippen LogP contribution >= 0.6 is 0 Å². The Morgan fingerprint density at radius 3 is 2.67 bits per heavy atom. The number of hydrogen-bond donors (Lipinski definition) is 3. The van der Waals surface area contributed by atoms with E-state index in [1.54, 1.807) is 12.4 Å². The highest BCUT2D eigenvalue weighted by Gasteiger charge is 2.56. The van der Waals surface area contributed by atoms with E-state index in [1.165, 1.54) is 5.39 Å². The molecule has 2 aromatic heterocycles. The summed E-state index contributed by atoms with van der Waals surface area (Å²) in [5, 5.41) is 6.98. The Morgan fingerprint density at radius 1 is 1.07 bits per heavy atom. The SMILES string of the molecule is O=C(NCCc1c[nH]c2ccccc12)C1(C(=O)NCc2cccnc2)CC1. The molecular formula is C21H22N4O2. The van der Waals surface area contributed by atoms with Crippen LogP contribution in [0.3, 0.4) is 0 Å². The Morgan fingerprint density at radius 2 is 1.89 bits per heavy atom. The van der Waals surface area contributed by atoms with E-state index in [0.29, 0.717) is 25.9 Å². The summed E-state index contributed by atoms with van der Waals surface area (Å²) in [7, 11) is 0. The van der Waals surface area contributed by atoms with Gasteiger partial charge >= 0.3 is 0 Å². The van der Waals surface area contributed by atoms with Gasteiger partial charge in [-0.25, -0.2) is 0 Å². The number of nitrogens with one attached hydrogen (secondary N) is 3. The van der Waals surface area contributed by atoms with E-state index in [1.807, 2.05) is 36.5 Å². The zero-order valence-electron chi connectivity index (χ0n) is 15.0. The van der Waals surface area contributed by atoms with E-state index >= 15 is 0 Å². The van der Waals surface area contributed by atoms with Gasteiger partial charge in [-0.2, -0.15) is 0 Å². The van der Waals surface area contributed by atoms with E-state index in [2.05, 4.69) is 26.7 Å². The second-order valence-electron chi connectivity index (χ2n) is 6.99. The number of amides is 2. The maximum atomic E-state index is 12.6. The first kappa shape index (κ1) is 17.3. The molecule has 0 atom stereocenters. The number of pyridine rings is 1. The molecular weight excluding hydrogens is 340 g/mol. The zero-order valence-corrected chi connectivity index (χ0v) is 15.0. The van der Waals surface area contributed by atoms with Crippen molar-refractivity contribution < 1.29 is 9.59 Å². The first-order valence-corrected chi connectivity index (χ1v) is 9.19. The van der Waals surface area contributed by atoms with Gasteiger partial charge in [0.15, 0.2) is 0 Å². The van der Waals surface area contributed by atoms with Crippen molar-refractivity contribution in [2.45, 2.75) is 25.8 Å². The topological polar surface area (TPSA) is 86.9 Å². The Bertz CT molecular complexity index is 960. The average Bonchev–Trinajstić information content (AvgIpc) is 3.43. The van der Waals surface area contributed by atoms with Crippen molar-refractivity contribution in [3.63, 3.8) is 0 Å². The van der Waals surface area contributed by atoms with Crippen LogP contribution in [-0.2, 0) is 22.6 Å². The lowest BCUT2D eigenvalue weighted by atomic mass is 10.0. The number of benzene rings is 1. The molecule has 0 unspecified atom stereocenters. The molecule has 2 heterocycles. The van der Waals surface area contributed by atoms with Gasteiger partial charge in [-0.15, -0.1) is 0 Å². The largest absolute Gasteiger partial charge is 0.361 e. The van der Waals surface area contributed by atoms with Crippen molar-refractivity contribution in [3.05, 3.63) is 66.1 Å². The smallest absolute Gasteiger partial charge is 0.235 e. The molecule has 0 saturated heterocycles. The number of carbonyl (C=O) groups is 2. The molecule has 0 spiro atoms. The molecule has 1 aliphatic carbocycles. The summed E-state index contributed by atoms with van der Waals surface area (Å²) in [4.78, 5) is 32.4. The minimum absolute atomic E-state index is 0.175. The predicted octanol–water partition coefficient (Wildman–Crippen LogP) is 2.32. The van der Waals surface area contributed by atoms with E-state index < -0.39 is 5.41 Å². The number of rotatable bonds is 7. The summed E-state index contributed by atoms with van der Waals surface area (Å²) in [5.41, 5.74) is 2.27. The van der Waals surface area contributed by atoms with Gasteiger partial charge < -0.3 is 15.6 Å². The maximum Gasteiger partial charge on any atom is 0.235 e. The Hall–Kier alpha value is -3.15. The van der Waals surface area contributed by atoms with Crippen LogP contribution in [0.15, 0.2) is 55.0 Å². The van der Waals surface area contributed by atoms with Gasteiger partial charge in [-0.3, -0.25) is 14.6 Å². The van der Waals surface area contributed by atoms with Gasteiger partial charge in [-0.1, -0.05) is 24.3 Å². The highest BCUT2D eigenvalue weighted by Crippen LogP contribution is 2.46. The van der Waals surface area contributed by atoms with Gasteiger partial charge in [0.05, 0.1) is 0 Å². The van der Waals surface area contributed by atoms with Crippen LogP contribution in [0.4, 0.5) is 0 Å². The van der Waals surface area contributed by atoms with Gasteiger partial charge in [0.25, 0.3) is 0 Å². The molecule has 3 aromatic rings. The fraction of sp³-hybridized carbons (Fsp3) is 0.286. The molecule has 0 aliphatic heterocycles. The lowest BCUT2D eigenvalue weighted by molar-refractivity contribution is -0.137. The third-order valence-corrected chi connectivity index (χ3v) is 5.15. The van der Waals surface area contributed by atoms with Crippen molar-refractivity contribution in [1.82, 2.24) is 20.6 Å². The zero-order chi connectivity index (χ0) is 18.7. The first-order valence-electron chi connectivity index (χ1n) is 9.19. The van der Waals surface area contributed by atoms with Crippen LogP contribution in [0.25, 0.3) is 10.9 Å². The summed E-state index contributed by atoms with van der Waals surface area (Å²) < 4.78 is 0. The summed E-state index contributed by atoms with van der Waals surface area (Å²) >= 11 is 0. The normalized spacial score (nSPS) is 14.7.